The minimum absolute atomic E-state index is 0.131. The van der Waals surface area contributed by atoms with Gasteiger partial charge in [0.2, 0.25) is 0 Å². The molecule has 0 saturated carbocycles. The Kier molecular flexibility index (Phi) is 6.20. The number of nitro groups is 1. The fraction of sp³-hybridized carbons (Fsp3) is 0.111. The van der Waals surface area contributed by atoms with E-state index < -0.39 is 4.92 Å². The van der Waals surface area contributed by atoms with Gasteiger partial charge in [-0.25, -0.2) is 0 Å². The molecule has 0 unspecified atom stereocenters. The minimum atomic E-state index is -0.531. The summed E-state index contributed by atoms with van der Waals surface area (Å²) in [5, 5.41) is 29.0. The van der Waals surface area contributed by atoms with Crippen molar-refractivity contribution >= 4 is 23.5 Å². The first kappa shape index (κ1) is 18.8. The van der Waals surface area contributed by atoms with Crippen LogP contribution in [-0.2, 0) is 0 Å². The Bertz CT molecular complexity index is 942. The van der Waals surface area contributed by atoms with Crippen LogP contribution in [0.5, 0.6) is 11.5 Å². The van der Waals surface area contributed by atoms with Crippen molar-refractivity contribution in [2.45, 2.75) is 9.79 Å². The molecule has 0 fully saturated rings. The summed E-state index contributed by atoms with van der Waals surface area (Å²) in [4.78, 5) is 11.9. The summed E-state index contributed by atoms with van der Waals surface area (Å²) in [7, 11) is 3.08. The lowest BCUT2D eigenvalue weighted by molar-refractivity contribution is -0.384. The van der Waals surface area contributed by atoms with Crippen LogP contribution in [0.1, 0.15) is 5.56 Å². The number of hydrogen-bond acceptors (Lipinski definition) is 7. The molecule has 0 bridgehead atoms. The minimum Gasteiger partial charge on any atom is -0.497 e. The lowest BCUT2D eigenvalue weighted by Crippen LogP contribution is -1.92. The van der Waals surface area contributed by atoms with Crippen molar-refractivity contribution < 1.29 is 14.4 Å². The number of nitriles is 2. The highest BCUT2D eigenvalue weighted by molar-refractivity contribution is 7.99. The zero-order valence-corrected chi connectivity index (χ0v) is 14.7. The van der Waals surface area contributed by atoms with Gasteiger partial charge in [0.15, 0.2) is 0 Å². The highest BCUT2D eigenvalue weighted by Crippen LogP contribution is 2.40. The van der Waals surface area contributed by atoms with Gasteiger partial charge in [0, 0.05) is 17.0 Å². The molecule has 0 N–H and O–H groups in total. The third kappa shape index (κ3) is 4.32. The Hall–Kier alpha value is -3.49. The van der Waals surface area contributed by atoms with Gasteiger partial charge in [-0.05, 0) is 35.9 Å². The molecule has 7 nitrogen and oxygen atoms in total. The standard InChI is InChI=1S/C18H13N3O4S/c1-24-15-4-5-16(25-2)18(9-15)26-17-6-3-14(21(22)23)8-13(17)7-12(10-19)11-20/h3-9H,1-2H3. The third-order valence-corrected chi connectivity index (χ3v) is 4.47. The molecule has 2 aromatic carbocycles. The van der Waals surface area contributed by atoms with Gasteiger partial charge in [-0.3, -0.25) is 10.1 Å². The van der Waals surface area contributed by atoms with Crippen LogP contribution in [-0.4, -0.2) is 19.1 Å². The summed E-state index contributed by atoms with van der Waals surface area (Å²) in [5.74, 6) is 1.23. The molecule has 26 heavy (non-hydrogen) atoms. The predicted octanol–water partition coefficient (Wildman–Crippen LogP) is 4.19. The summed E-state index contributed by atoms with van der Waals surface area (Å²) in [5.41, 5.74) is 0.116. The average Bonchev–Trinajstić information content (AvgIpc) is 2.66. The van der Waals surface area contributed by atoms with Gasteiger partial charge >= 0.3 is 0 Å². The summed E-state index contributed by atoms with van der Waals surface area (Å²) >= 11 is 1.29. The Morgan fingerprint density at radius 1 is 1.12 bits per heavy atom. The summed E-state index contributed by atoms with van der Waals surface area (Å²) < 4.78 is 10.6. The van der Waals surface area contributed by atoms with Crippen molar-refractivity contribution in [2.24, 2.45) is 0 Å². The van der Waals surface area contributed by atoms with Crippen LogP contribution in [0, 0.1) is 32.8 Å². The molecule has 0 aliphatic carbocycles. The molecule has 130 valence electrons. The molecule has 0 amide bonds. The fourth-order valence-electron chi connectivity index (χ4n) is 2.08. The molecule has 0 aliphatic rings. The largest absolute Gasteiger partial charge is 0.497 e. The van der Waals surface area contributed by atoms with Crippen LogP contribution in [0.15, 0.2) is 51.8 Å². The molecule has 0 radical (unpaired) electrons. The Balaban J connectivity index is 2.56. The van der Waals surface area contributed by atoms with E-state index in [1.807, 2.05) is 0 Å². The first-order valence-electron chi connectivity index (χ1n) is 7.22. The van der Waals surface area contributed by atoms with Crippen LogP contribution >= 0.6 is 11.8 Å². The van der Waals surface area contributed by atoms with Gasteiger partial charge < -0.3 is 9.47 Å². The molecule has 0 spiro atoms. The van der Waals surface area contributed by atoms with Crippen molar-refractivity contribution in [1.82, 2.24) is 0 Å². The van der Waals surface area contributed by atoms with Crippen molar-refractivity contribution in [3.63, 3.8) is 0 Å². The number of allylic oxidation sites excluding steroid dienone is 1. The van der Waals surface area contributed by atoms with Crippen molar-refractivity contribution in [3.05, 3.63) is 57.6 Å². The van der Waals surface area contributed by atoms with Crippen LogP contribution < -0.4 is 9.47 Å². The number of nitro benzene ring substituents is 1. The van der Waals surface area contributed by atoms with Gasteiger partial charge in [0.25, 0.3) is 5.69 Å². The monoisotopic (exact) mass is 367 g/mol. The van der Waals surface area contributed by atoms with E-state index in [9.17, 15) is 10.1 Å². The highest BCUT2D eigenvalue weighted by Gasteiger charge is 2.14. The Morgan fingerprint density at radius 2 is 1.85 bits per heavy atom. The zero-order valence-electron chi connectivity index (χ0n) is 13.9. The molecule has 2 rings (SSSR count). The van der Waals surface area contributed by atoms with Crippen LogP contribution in [0.3, 0.4) is 0 Å². The number of hydrogen-bond donors (Lipinski definition) is 0. The molecule has 0 atom stereocenters. The van der Waals surface area contributed by atoms with E-state index in [0.717, 1.165) is 4.90 Å². The van der Waals surface area contributed by atoms with E-state index in [4.69, 9.17) is 20.0 Å². The second-order valence-corrected chi connectivity index (χ2v) is 5.96. The Labute approximate surface area is 154 Å². The number of benzene rings is 2. The van der Waals surface area contributed by atoms with Crippen LogP contribution in [0.4, 0.5) is 5.69 Å². The molecular formula is C18H13N3O4S. The third-order valence-electron chi connectivity index (χ3n) is 3.34. The maximum absolute atomic E-state index is 11.0. The van der Waals surface area contributed by atoms with E-state index in [1.165, 1.54) is 37.1 Å². The van der Waals surface area contributed by atoms with Crippen LogP contribution in [0.25, 0.3) is 6.08 Å². The van der Waals surface area contributed by atoms with E-state index >= 15 is 0 Å². The number of rotatable bonds is 6. The normalized spacial score (nSPS) is 9.54. The van der Waals surface area contributed by atoms with Crippen molar-refractivity contribution in [3.8, 4) is 23.6 Å². The topological polar surface area (TPSA) is 109 Å². The molecule has 0 saturated heterocycles. The highest BCUT2D eigenvalue weighted by atomic mass is 32.2. The zero-order chi connectivity index (χ0) is 19.1. The first-order chi connectivity index (χ1) is 12.5. The van der Waals surface area contributed by atoms with Crippen molar-refractivity contribution in [2.75, 3.05) is 14.2 Å². The van der Waals surface area contributed by atoms with Gasteiger partial charge in [-0.2, -0.15) is 10.5 Å². The number of nitrogens with zero attached hydrogens (tertiary/aromatic N) is 3. The molecule has 0 heterocycles. The maximum atomic E-state index is 11.0. The lowest BCUT2D eigenvalue weighted by Gasteiger charge is -2.11. The number of non-ortho nitro benzene ring substituents is 1. The first-order valence-corrected chi connectivity index (χ1v) is 8.04. The molecule has 8 heteroatoms. The SMILES string of the molecule is COc1ccc(OC)c(Sc2ccc([N+](=O)[O-])cc2C=C(C#N)C#N)c1. The van der Waals surface area contributed by atoms with E-state index in [2.05, 4.69) is 0 Å². The average molecular weight is 367 g/mol. The maximum Gasteiger partial charge on any atom is 0.270 e. The molecule has 2 aromatic rings. The molecule has 0 aliphatic heterocycles. The van der Waals surface area contributed by atoms with Crippen molar-refractivity contribution in [1.29, 1.82) is 10.5 Å². The summed E-state index contributed by atoms with van der Waals surface area (Å²) in [6, 6.07) is 13.0. The summed E-state index contributed by atoms with van der Waals surface area (Å²) in [6.45, 7) is 0. The predicted molar refractivity (Wildman–Crippen MR) is 96.0 cm³/mol. The van der Waals surface area contributed by atoms with Gasteiger partial charge in [0.1, 0.15) is 29.2 Å². The quantitative estimate of drug-likeness (QED) is 0.427. The van der Waals surface area contributed by atoms with E-state index in [1.54, 1.807) is 43.5 Å². The van der Waals surface area contributed by atoms with Gasteiger partial charge in [0.05, 0.1) is 24.0 Å². The summed E-state index contributed by atoms with van der Waals surface area (Å²) in [6.07, 6.45) is 1.32. The second kappa shape index (κ2) is 8.56. The van der Waals surface area contributed by atoms with Gasteiger partial charge in [-0.1, -0.05) is 11.8 Å². The smallest absolute Gasteiger partial charge is 0.270 e. The second-order valence-electron chi connectivity index (χ2n) is 4.88. The van der Waals surface area contributed by atoms with Gasteiger partial charge in [-0.15, -0.1) is 0 Å². The number of methoxy groups -OCH3 is 2. The molecular weight excluding hydrogens is 354 g/mol. The Morgan fingerprint density at radius 3 is 2.42 bits per heavy atom. The fourth-order valence-corrected chi connectivity index (χ4v) is 3.12. The lowest BCUT2D eigenvalue weighted by atomic mass is 10.1. The number of ether oxygens (including phenoxy) is 2. The van der Waals surface area contributed by atoms with E-state index in [0.29, 0.717) is 22.0 Å². The molecule has 0 aromatic heterocycles. The van der Waals surface area contributed by atoms with Crippen LogP contribution in [0.2, 0.25) is 0 Å². The van der Waals surface area contributed by atoms with E-state index in [-0.39, 0.29) is 11.3 Å².